The Kier molecular flexibility index (Phi) is 4.32. The Balaban J connectivity index is 2.01. The van der Waals surface area contributed by atoms with Gasteiger partial charge < -0.3 is 5.32 Å². The number of hydrogen-bond acceptors (Lipinski definition) is 3. The SMILES string of the molecule is Cc1nc(NC(C)c2cccc(Cl)c2)c2cc(Br)ccc2n1. The number of benzene rings is 2. The van der Waals surface area contributed by atoms with Crippen molar-refractivity contribution >= 4 is 44.3 Å². The van der Waals surface area contributed by atoms with Crippen LogP contribution in [0.2, 0.25) is 5.02 Å². The molecule has 1 unspecified atom stereocenters. The Labute approximate surface area is 142 Å². The van der Waals surface area contributed by atoms with E-state index in [-0.39, 0.29) is 6.04 Å². The van der Waals surface area contributed by atoms with E-state index in [0.29, 0.717) is 0 Å². The molecule has 0 saturated heterocycles. The van der Waals surface area contributed by atoms with Gasteiger partial charge in [0.25, 0.3) is 0 Å². The van der Waals surface area contributed by atoms with E-state index in [0.717, 1.165) is 37.6 Å². The summed E-state index contributed by atoms with van der Waals surface area (Å²) in [5.41, 5.74) is 2.04. The first-order valence-corrected chi connectivity index (χ1v) is 8.16. The highest BCUT2D eigenvalue weighted by atomic mass is 79.9. The van der Waals surface area contributed by atoms with Gasteiger partial charge in [-0.3, -0.25) is 0 Å². The van der Waals surface area contributed by atoms with E-state index in [9.17, 15) is 0 Å². The van der Waals surface area contributed by atoms with Gasteiger partial charge in [-0.2, -0.15) is 0 Å². The van der Waals surface area contributed by atoms with E-state index in [2.05, 4.69) is 44.2 Å². The Bertz CT molecular complexity index is 835. The fourth-order valence-corrected chi connectivity index (χ4v) is 2.95. The first-order valence-electron chi connectivity index (χ1n) is 6.99. The molecule has 0 aliphatic rings. The van der Waals surface area contributed by atoms with Gasteiger partial charge in [-0.25, -0.2) is 9.97 Å². The third-order valence-corrected chi connectivity index (χ3v) is 4.20. The summed E-state index contributed by atoms with van der Waals surface area (Å²) in [5, 5.41) is 5.19. The van der Waals surface area contributed by atoms with Crippen LogP contribution >= 0.6 is 27.5 Å². The van der Waals surface area contributed by atoms with Crippen molar-refractivity contribution in [3.8, 4) is 0 Å². The second-order valence-corrected chi connectivity index (χ2v) is 6.55. The highest BCUT2D eigenvalue weighted by Gasteiger charge is 2.11. The lowest BCUT2D eigenvalue weighted by molar-refractivity contribution is 0.872. The summed E-state index contributed by atoms with van der Waals surface area (Å²) in [4.78, 5) is 9.03. The quantitative estimate of drug-likeness (QED) is 0.653. The first-order chi connectivity index (χ1) is 10.5. The standard InChI is InChI=1S/C17H15BrClN3/c1-10(12-4-3-5-14(19)8-12)20-17-15-9-13(18)6-7-16(15)21-11(2)22-17/h3-10H,1-2H3,(H,20,21,22). The van der Waals surface area contributed by atoms with Gasteiger partial charge in [0.1, 0.15) is 11.6 Å². The van der Waals surface area contributed by atoms with Gasteiger partial charge in [0.05, 0.1) is 11.6 Å². The van der Waals surface area contributed by atoms with E-state index >= 15 is 0 Å². The summed E-state index contributed by atoms with van der Waals surface area (Å²) in [6.07, 6.45) is 0. The minimum Gasteiger partial charge on any atom is -0.363 e. The van der Waals surface area contributed by atoms with Gasteiger partial charge in [0.15, 0.2) is 0 Å². The summed E-state index contributed by atoms with van der Waals surface area (Å²) >= 11 is 9.58. The minimum absolute atomic E-state index is 0.0928. The van der Waals surface area contributed by atoms with Crippen molar-refractivity contribution in [2.75, 3.05) is 5.32 Å². The number of rotatable bonds is 3. The van der Waals surface area contributed by atoms with Crippen molar-refractivity contribution in [1.82, 2.24) is 9.97 Å². The van der Waals surface area contributed by atoms with Crippen LogP contribution in [0, 0.1) is 6.92 Å². The number of anilines is 1. The van der Waals surface area contributed by atoms with Crippen LogP contribution in [0.5, 0.6) is 0 Å². The Morgan fingerprint density at radius 1 is 1.14 bits per heavy atom. The summed E-state index contributed by atoms with van der Waals surface area (Å²) in [6, 6.07) is 13.9. The molecule has 3 nitrogen and oxygen atoms in total. The molecule has 5 heteroatoms. The number of nitrogens with one attached hydrogen (secondary N) is 1. The van der Waals surface area contributed by atoms with Crippen molar-refractivity contribution in [2.45, 2.75) is 19.9 Å². The molecule has 3 rings (SSSR count). The number of hydrogen-bond donors (Lipinski definition) is 1. The molecule has 0 aliphatic carbocycles. The Morgan fingerprint density at radius 2 is 1.95 bits per heavy atom. The molecule has 0 aliphatic heterocycles. The van der Waals surface area contributed by atoms with E-state index in [1.165, 1.54) is 0 Å². The monoisotopic (exact) mass is 375 g/mol. The Hall–Kier alpha value is -1.65. The van der Waals surface area contributed by atoms with Gasteiger partial charge in [0, 0.05) is 14.9 Å². The minimum atomic E-state index is 0.0928. The van der Waals surface area contributed by atoms with Crippen LogP contribution < -0.4 is 5.32 Å². The molecule has 3 aromatic rings. The van der Waals surface area contributed by atoms with Crippen molar-refractivity contribution in [1.29, 1.82) is 0 Å². The number of aromatic nitrogens is 2. The molecule has 0 fully saturated rings. The highest BCUT2D eigenvalue weighted by molar-refractivity contribution is 9.10. The van der Waals surface area contributed by atoms with Crippen molar-refractivity contribution in [3.63, 3.8) is 0 Å². The van der Waals surface area contributed by atoms with Crippen LogP contribution in [0.3, 0.4) is 0 Å². The van der Waals surface area contributed by atoms with Crippen molar-refractivity contribution in [3.05, 3.63) is 63.3 Å². The molecule has 1 aromatic heterocycles. The third-order valence-electron chi connectivity index (χ3n) is 3.47. The fraction of sp³-hybridized carbons (Fsp3) is 0.176. The van der Waals surface area contributed by atoms with Gasteiger partial charge in [0.2, 0.25) is 0 Å². The summed E-state index contributed by atoms with van der Waals surface area (Å²) in [5.74, 6) is 1.58. The summed E-state index contributed by atoms with van der Waals surface area (Å²) in [6.45, 7) is 3.99. The topological polar surface area (TPSA) is 37.8 Å². The van der Waals surface area contributed by atoms with Gasteiger partial charge in [-0.15, -0.1) is 0 Å². The molecule has 0 amide bonds. The number of halogens is 2. The van der Waals surface area contributed by atoms with Crippen LogP contribution in [0.25, 0.3) is 10.9 Å². The summed E-state index contributed by atoms with van der Waals surface area (Å²) in [7, 11) is 0. The fourth-order valence-electron chi connectivity index (χ4n) is 2.39. The van der Waals surface area contributed by atoms with E-state index in [1.54, 1.807) is 0 Å². The normalized spacial score (nSPS) is 12.4. The summed E-state index contributed by atoms with van der Waals surface area (Å²) < 4.78 is 1.01. The van der Waals surface area contributed by atoms with E-state index in [1.807, 2.05) is 43.3 Å². The van der Waals surface area contributed by atoms with E-state index < -0.39 is 0 Å². The zero-order valence-corrected chi connectivity index (χ0v) is 14.6. The van der Waals surface area contributed by atoms with Gasteiger partial charge >= 0.3 is 0 Å². The predicted octanol–water partition coefficient (Wildman–Crippen LogP) is 5.53. The average molecular weight is 377 g/mol. The smallest absolute Gasteiger partial charge is 0.138 e. The molecule has 112 valence electrons. The molecule has 0 saturated carbocycles. The Morgan fingerprint density at radius 3 is 2.73 bits per heavy atom. The van der Waals surface area contributed by atoms with Crippen LogP contribution in [-0.2, 0) is 0 Å². The molecule has 1 atom stereocenters. The average Bonchev–Trinajstić information content (AvgIpc) is 2.48. The molecule has 1 heterocycles. The lowest BCUT2D eigenvalue weighted by atomic mass is 10.1. The molecule has 0 radical (unpaired) electrons. The second kappa shape index (κ2) is 6.23. The lowest BCUT2D eigenvalue weighted by Crippen LogP contribution is -2.09. The van der Waals surface area contributed by atoms with Crippen LogP contribution in [0.1, 0.15) is 24.4 Å². The maximum atomic E-state index is 6.07. The zero-order valence-electron chi connectivity index (χ0n) is 12.3. The van der Waals surface area contributed by atoms with Crippen molar-refractivity contribution in [2.24, 2.45) is 0 Å². The maximum Gasteiger partial charge on any atom is 0.138 e. The molecule has 22 heavy (non-hydrogen) atoms. The van der Waals surface area contributed by atoms with Gasteiger partial charge in [-0.1, -0.05) is 39.7 Å². The molecule has 2 aromatic carbocycles. The van der Waals surface area contributed by atoms with Crippen molar-refractivity contribution < 1.29 is 0 Å². The zero-order chi connectivity index (χ0) is 15.7. The lowest BCUT2D eigenvalue weighted by Gasteiger charge is -2.17. The predicted molar refractivity (Wildman–Crippen MR) is 95.5 cm³/mol. The largest absolute Gasteiger partial charge is 0.363 e. The molecule has 0 spiro atoms. The number of aryl methyl sites for hydroxylation is 1. The number of nitrogens with zero attached hydrogens (tertiary/aromatic N) is 2. The third kappa shape index (κ3) is 3.23. The number of fused-ring (bicyclic) bond motifs is 1. The maximum absolute atomic E-state index is 6.07. The van der Waals surface area contributed by atoms with Crippen LogP contribution in [0.15, 0.2) is 46.9 Å². The van der Waals surface area contributed by atoms with Crippen LogP contribution in [-0.4, -0.2) is 9.97 Å². The molecular formula is C17H15BrClN3. The van der Waals surface area contributed by atoms with E-state index in [4.69, 9.17) is 11.6 Å². The van der Waals surface area contributed by atoms with Crippen LogP contribution in [0.4, 0.5) is 5.82 Å². The first kappa shape index (κ1) is 15.3. The second-order valence-electron chi connectivity index (χ2n) is 5.20. The van der Waals surface area contributed by atoms with Gasteiger partial charge in [-0.05, 0) is 49.7 Å². The molecule has 0 bridgehead atoms. The molecule has 1 N–H and O–H groups in total. The molecular weight excluding hydrogens is 362 g/mol. The highest BCUT2D eigenvalue weighted by Crippen LogP contribution is 2.28.